The molecule has 2 amide bonds. The van der Waals surface area contributed by atoms with Crippen molar-refractivity contribution >= 4 is 41.0 Å². The average molecular weight is 536 g/mol. The first-order valence-electron chi connectivity index (χ1n) is 11.5. The molecule has 2 aromatic rings. The van der Waals surface area contributed by atoms with Gasteiger partial charge in [-0.3, -0.25) is 19.9 Å². The summed E-state index contributed by atoms with van der Waals surface area (Å²) in [4.78, 5) is 37.8. The van der Waals surface area contributed by atoms with Gasteiger partial charge in [-0.25, -0.2) is 9.97 Å². The van der Waals surface area contributed by atoms with E-state index in [0.29, 0.717) is 18.8 Å². The van der Waals surface area contributed by atoms with E-state index >= 15 is 0 Å². The molecule has 0 atom stereocenters. The predicted molar refractivity (Wildman–Crippen MR) is 148 cm³/mol. The van der Waals surface area contributed by atoms with Crippen molar-refractivity contribution in [1.82, 2.24) is 25.5 Å². The molecule has 0 bridgehead atoms. The zero-order chi connectivity index (χ0) is 26.5. The standard InChI is InChI=1S/C23H34ClN9O3.CH4/c1-33(2)13-5-12-28-17(34)14-36-16-9-7-15(8-10-16)6-3-4-11-29-23(27)32-22(35)18-20(25)31-21(26)19(24)30-18;/h7-10H,3-6,11-14H2,1-2H3,(H,28,34)(H4,25,26,31)(H3,27,29,32,35);1H4. The number of ether oxygens (including phenoxy) is 1. The number of aryl methyl sites for hydroxylation is 1. The zero-order valence-corrected chi connectivity index (χ0v) is 21.3. The van der Waals surface area contributed by atoms with Gasteiger partial charge >= 0.3 is 0 Å². The fraction of sp³-hybridized carbons (Fsp3) is 0.458. The smallest absolute Gasteiger partial charge is 0.280 e. The van der Waals surface area contributed by atoms with Crippen LogP contribution in [0.1, 0.15) is 42.7 Å². The summed E-state index contributed by atoms with van der Waals surface area (Å²) in [5.41, 5.74) is 17.9. The second-order valence-corrected chi connectivity index (χ2v) is 8.61. The van der Waals surface area contributed by atoms with Crippen LogP contribution in [0.3, 0.4) is 0 Å². The van der Waals surface area contributed by atoms with Crippen LogP contribution in [0.2, 0.25) is 5.15 Å². The number of amides is 2. The van der Waals surface area contributed by atoms with Crippen LogP contribution in [-0.2, 0) is 11.2 Å². The molecule has 0 radical (unpaired) electrons. The zero-order valence-electron chi connectivity index (χ0n) is 20.6. The molecule has 1 heterocycles. The van der Waals surface area contributed by atoms with Gasteiger partial charge in [0.1, 0.15) is 5.75 Å². The number of guanidine groups is 1. The van der Waals surface area contributed by atoms with Crippen molar-refractivity contribution in [3.8, 4) is 5.75 Å². The number of carbonyl (C=O) groups is 2. The Labute approximate surface area is 223 Å². The molecule has 0 aliphatic carbocycles. The van der Waals surface area contributed by atoms with Gasteiger partial charge in [0, 0.05) is 13.1 Å². The second kappa shape index (κ2) is 16.2. The van der Waals surface area contributed by atoms with E-state index in [1.165, 1.54) is 0 Å². The lowest BCUT2D eigenvalue weighted by atomic mass is 10.1. The number of nitrogens with zero attached hydrogens (tertiary/aromatic N) is 4. The summed E-state index contributed by atoms with van der Waals surface area (Å²) >= 11 is 5.78. The topological polar surface area (TPSA) is 187 Å². The Morgan fingerprint density at radius 1 is 1.08 bits per heavy atom. The van der Waals surface area contributed by atoms with E-state index in [9.17, 15) is 9.59 Å². The highest BCUT2D eigenvalue weighted by Gasteiger charge is 2.16. The number of rotatable bonds is 13. The molecule has 1 aromatic carbocycles. The quantitative estimate of drug-likeness (QED) is 0.144. The van der Waals surface area contributed by atoms with E-state index in [2.05, 4.69) is 30.5 Å². The van der Waals surface area contributed by atoms with Gasteiger partial charge in [-0.1, -0.05) is 31.2 Å². The highest BCUT2D eigenvalue weighted by atomic mass is 35.5. The van der Waals surface area contributed by atoms with Crippen molar-refractivity contribution in [2.45, 2.75) is 33.1 Å². The van der Waals surface area contributed by atoms with Crippen LogP contribution in [0, 0.1) is 0 Å². The Morgan fingerprint density at radius 2 is 1.78 bits per heavy atom. The van der Waals surface area contributed by atoms with Gasteiger partial charge in [0.25, 0.3) is 11.8 Å². The first-order chi connectivity index (χ1) is 17.2. The number of benzene rings is 1. The number of carbonyl (C=O) groups excluding carboxylic acids is 2. The minimum atomic E-state index is -0.674. The number of nitrogen functional groups attached to an aromatic ring is 2. The number of anilines is 2. The average Bonchev–Trinajstić information content (AvgIpc) is 2.83. The summed E-state index contributed by atoms with van der Waals surface area (Å²) in [6.45, 7) is 1.97. The number of halogens is 1. The Bertz CT molecular complexity index is 1050. The molecule has 1 aromatic heterocycles. The molecular formula is C24H38ClN9O3. The number of nitrogens with one attached hydrogen (secondary N) is 2. The Morgan fingerprint density at radius 3 is 2.46 bits per heavy atom. The highest BCUT2D eigenvalue weighted by Crippen LogP contribution is 2.17. The van der Waals surface area contributed by atoms with Crippen molar-refractivity contribution in [3.63, 3.8) is 0 Å². The van der Waals surface area contributed by atoms with Crippen LogP contribution < -0.4 is 32.6 Å². The lowest BCUT2D eigenvalue weighted by molar-refractivity contribution is -0.123. The van der Waals surface area contributed by atoms with Gasteiger partial charge in [-0.2, -0.15) is 0 Å². The van der Waals surface area contributed by atoms with Crippen LogP contribution in [0.25, 0.3) is 0 Å². The van der Waals surface area contributed by atoms with Crippen molar-refractivity contribution < 1.29 is 14.3 Å². The van der Waals surface area contributed by atoms with Crippen molar-refractivity contribution in [2.75, 3.05) is 51.8 Å². The highest BCUT2D eigenvalue weighted by molar-refractivity contribution is 6.31. The van der Waals surface area contributed by atoms with E-state index in [1.807, 2.05) is 38.4 Å². The lowest BCUT2D eigenvalue weighted by Gasteiger charge is -2.10. The molecule has 0 saturated heterocycles. The second-order valence-electron chi connectivity index (χ2n) is 8.25. The summed E-state index contributed by atoms with van der Waals surface area (Å²) in [7, 11) is 3.99. The number of aromatic nitrogens is 2. The molecule has 37 heavy (non-hydrogen) atoms. The molecule has 12 nitrogen and oxygen atoms in total. The summed E-state index contributed by atoms with van der Waals surface area (Å²) in [5.74, 6) is -0.448. The number of hydrogen-bond acceptors (Lipinski definition) is 9. The molecule has 0 aliphatic heterocycles. The normalized spacial score (nSPS) is 11.1. The molecule has 0 fully saturated rings. The van der Waals surface area contributed by atoms with Crippen LogP contribution in [0.4, 0.5) is 11.6 Å². The summed E-state index contributed by atoms with van der Waals surface area (Å²) in [5, 5.41) is 5.11. The molecule has 0 aliphatic rings. The molecule has 2 rings (SSSR count). The van der Waals surface area contributed by atoms with Gasteiger partial charge in [-0.15, -0.1) is 0 Å². The van der Waals surface area contributed by atoms with Crippen molar-refractivity contribution in [1.29, 1.82) is 0 Å². The van der Waals surface area contributed by atoms with Crippen LogP contribution in [0.15, 0.2) is 29.3 Å². The maximum Gasteiger partial charge on any atom is 0.280 e. The third-order valence-corrected chi connectivity index (χ3v) is 5.19. The van der Waals surface area contributed by atoms with Gasteiger partial charge in [0.05, 0.1) is 0 Å². The summed E-state index contributed by atoms with van der Waals surface area (Å²) < 4.78 is 5.54. The van der Waals surface area contributed by atoms with Crippen molar-refractivity contribution in [2.24, 2.45) is 10.7 Å². The minimum absolute atomic E-state index is 0. The van der Waals surface area contributed by atoms with Gasteiger partial charge in [0.2, 0.25) is 0 Å². The summed E-state index contributed by atoms with van der Waals surface area (Å²) in [6, 6.07) is 7.62. The third-order valence-electron chi connectivity index (χ3n) is 4.91. The van der Waals surface area contributed by atoms with Gasteiger partial charge in [-0.05, 0) is 64.0 Å². The molecule has 204 valence electrons. The fourth-order valence-corrected chi connectivity index (χ4v) is 3.17. The third kappa shape index (κ3) is 11.8. The first-order valence-corrected chi connectivity index (χ1v) is 11.9. The van der Waals surface area contributed by atoms with Crippen molar-refractivity contribution in [3.05, 3.63) is 40.7 Å². The van der Waals surface area contributed by atoms with Crippen LogP contribution in [-0.4, -0.2) is 73.0 Å². The van der Waals surface area contributed by atoms with Crippen LogP contribution in [0.5, 0.6) is 5.75 Å². The Balaban J connectivity index is 0.00000684. The lowest BCUT2D eigenvalue weighted by Crippen LogP contribution is -2.38. The molecule has 13 heteroatoms. The van der Waals surface area contributed by atoms with E-state index < -0.39 is 5.91 Å². The van der Waals surface area contributed by atoms with Gasteiger partial charge < -0.3 is 32.2 Å². The first kappa shape index (κ1) is 31.4. The predicted octanol–water partition coefficient (Wildman–Crippen LogP) is 1.44. The Hall–Kier alpha value is -3.64. The van der Waals surface area contributed by atoms with Gasteiger partial charge in [0.15, 0.2) is 35.0 Å². The van der Waals surface area contributed by atoms with Crippen LogP contribution >= 0.6 is 11.6 Å². The number of unbranched alkanes of at least 4 members (excludes halogenated alkanes) is 1. The maximum atomic E-state index is 12.2. The number of nitrogens with two attached hydrogens (primary N) is 3. The minimum Gasteiger partial charge on any atom is -0.484 e. The van der Waals surface area contributed by atoms with E-state index in [1.54, 1.807) is 0 Å². The molecular weight excluding hydrogens is 498 g/mol. The van der Waals surface area contributed by atoms with E-state index in [4.69, 9.17) is 33.5 Å². The molecule has 8 N–H and O–H groups in total. The molecule has 0 unspecified atom stereocenters. The molecule has 0 saturated carbocycles. The van der Waals surface area contributed by atoms with E-state index in [0.717, 1.165) is 37.8 Å². The SMILES string of the molecule is C.CN(C)CCCNC(=O)COc1ccc(CCCCN=C(N)NC(=O)c2nc(Cl)c(N)nc2N)cc1. The monoisotopic (exact) mass is 535 g/mol. The summed E-state index contributed by atoms with van der Waals surface area (Å²) in [6.07, 6.45) is 3.36. The number of hydrogen-bond donors (Lipinski definition) is 5. The maximum absolute atomic E-state index is 12.2. The molecule has 0 spiro atoms. The fourth-order valence-electron chi connectivity index (χ4n) is 3.04. The van der Waals surface area contributed by atoms with E-state index in [-0.39, 0.29) is 48.4 Å². The Kier molecular flexibility index (Phi) is 13.7. The largest absolute Gasteiger partial charge is 0.484 e. The number of aliphatic imine (C=N–C) groups is 1.